The molecule has 0 atom stereocenters. The third kappa shape index (κ3) is 5.51. The molecule has 4 nitrogen and oxygen atoms in total. The SMILES string of the molecule is CN(C)Cc1ccc(/C=C/c2ccc(CN(C)I)c(O)c2)cc1O. The van der Waals surface area contributed by atoms with E-state index in [0.717, 1.165) is 22.3 Å². The average molecular weight is 438 g/mol. The van der Waals surface area contributed by atoms with Crippen LogP contribution in [0.2, 0.25) is 0 Å². The third-order valence-corrected chi connectivity index (χ3v) is 3.90. The Hall–Kier alpha value is -1.57. The highest BCUT2D eigenvalue weighted by molar-refractivity contribution is 14.1. The molecule has 0 aliphatic rings. The van der Waals surface area contributed by atoms with Gasteiger partial charge in [0.2, 0.25) is 0 Å². The summed E-state index contributed by atoms with van der Waals surface area (Å²) in [6.45, 7) is 1.40. The lowest BCUT2D eigenvalue weighted by Gasteiger charge is -2.11. The highest BCUT2D eigenvalue weighted by Crippen LogP contribution is 2.24. The predicted octanol–water partition coefficient (Wildman–Crippen LogP) is 4.11. The molecular formula is C19H23IN2O2. The smallest absolute Gasteiger partial charge is 0.120 e. The number of benzene rings is 2. The molecule has 128 valence electrons. The van der Waals surface area contributed by atoms with E-state index in [0.29, 0.717) is 24.6 Å². The second-order valence-electron chi connectivity index (χ2n) is 6.11. The molecule has 24 heavy (non-hydrogen) atoms. The van der Waals surface area contributed by atoms with Crippen molar-refractivity contribution in [2.24, 2.45) is 0 Å². The summed E-state index contributed by atoms with van der Waals surface area (Å²) in [6.07, 6.45) is 3.86. The van der Waals surface area contributed by atoms with Crippen LogP contribution in [0.15, 0.2) is 36.4 Å². The van der Waals surface area contributed by atoms with Gasteiger partial charge >= 0.3 is 0 Å². The summed E-state index contributed by atoms with van der Waals surface area (Å²) in [5, 5.41) is 20.2. The van der Waals surface area contributed by atoms with Crippen LogP contribution in [0.5, 0.6) is 11.5 Å². The van der Waals surface area contributed by atoms with Crippen LogP contribution >= 0.6 is 22.9 Å². The van der Waals surface area contributed by atoms with E-state index in [1.165, 1.54) is 0 Å². The fourth-order valence-corrected chi connectivity index (χ4v) is 2.77. The van der Waals surface area contributed by atoms with Crippen molar-refractivity contribution in [2.75, 3.05) is 21.1 Å². The second-order valence-corrected chi connectivity index (χ2v) is 7.76. The van der Waals surface area contributed by atoms with Gasteiger partial charge in [0.25, 0.3) is 0 Å². The van der Waals surface area contributed by atoms with E-state index < -0.39 is 0 Å². The average Bonchev–Trinajstić information content (AvgIpc) is 2.49. The second kappa shape index (κ2) is 8.50. The lowest BCUT2D eigenvalue weighted by Crippen LogP contribution is -2.10. The topological polar surface area (TPSA) is 46.9 Å². The van der Waals surface area contributed by atoms with Gasteiger partial charge in [-0.1, -0.05) is 36.4 Å². The summed E-state index contributed by atoms with van der Waals surface area (Å²) in [6, 6.07) is 11.3. The Labute approximate surface area is 157 Å². The lowest BCUT2D eigenvalue weighted by molar-refractivity contribution is 0.386. The molecule has 2 N–H and O–H groups in total. The van der Waals surface area contributed by atoms with Gasteiger partial charge in [-0.3, -0.25) is 0 Å². The number of aromatic hydroxyl groups is 2. The Morgan fingerprint density at radius 1 is 0.833 bits per heavy atom. The first-order valence-electron chi connectivity index (χ1n) is 7.68. The van der Waals surface area contributed by atoms with Gasteiger partial charge in [-0.15, -0.1) is 0 Å². The van der Waals surface area contributed by atoms with E-state index >= 15 is 0 Å². The third-order valence-electron chi connectivity index (χ3n) is 3.56. The Kier molecular flexibility index (Phi) is 6.65. The first kappa shape index (κ1) is 18.8. The van der Waals surface area contributed by atoms with E-state index in [4.69, 9.17) is 0 Å². The van der Waals surface area contributed by atoms with Gasteiger partial charge in [-0.2, -0.15) is 0 Å². The minimum atomic E-state index is 0.296. The molecular weight excluding hydrogens is 415 g/mol. The van der Waals surface area contributed by atoms with Gasteiger partial charge in [-0.25, -0.2) is 3.11 Å². The van der Waals surface area contributed by atoms with Gasteiger partial charge in [0.15, 0.2) is 0 Å². The zero-order chi connectivity index (χ0) is 17.7. The van der Waals surface area contributed by atoms with E-state index in [-0.39, 0.29) is 0 Å². The maximum atomic E-state index is 10.1. The summed E-state index contributed by atoms with van der Waals surface area (Å²) < 4.78 is 1.99. The Morgan fingerprint density at radius 3 is 1.67 bits per heavy atom. The van der Waals surface area contributed by atoms with Crippen LogP contribution in [0.1, 0.15) is 22.3 Å². The monoisotopic (exact) mass is 438 g/mol. The molecule has 0 heterocycles. The molecule has 0 unspecified atom stereocenters. The van der Waals surface area contributed by atoms with E-state index in [1.807, 2.05) is 65.6 Å². The van der Waals surface area contributed by atoms with Crippen molar-refractivity contribution in [1.82, 2.24) is 8.01 Å². The highest BCUT2D eigenvalue weighted by atomic mass is 127. The fraction of sp³-hybridized carbons (Fsp3) is 0.263. The van der Waals surface area contributed by atoms with Crippen molar-refractivity contribution < 1.29 is 10.2 Å². The van der Waals surface area contributed by atoms with Crippen molar-refractivity contribution >= 4 is 35.0 Å². The van der Waals surface area contributed by atoms with Crippen LogP contribution < -0.4 is 0 Å². The van der Waals surface area contributed by atoms with Crippen LogP contribution in [-0.2, 0) is 13.1 Å². The van der Waals surface area contributed by atoms with E-state index in [2.05, 4.69) is 22.9 Å². The first-order chi connectivity index (χ1) is 11.3. The Bertz CT molecular complexity index is 666. The van der Waals surface area contributed by atoms with Crippen LogP contribution in [0.4, 0.5) is 0 Å². The summed E-state index contributed by atoms with van der Waals surface area (Å²) in [5.41, 5.74) is 3.64. The van der Waals surface area contributed by atoms with Crippen LogP contribution in [0.3, 0.4) is 0 Å². The number of hydrogen-bond donors (Lipinski definition) is 2. The molecule has 2 aromatic carbocycles. The summed E-state index contributed by atoms with van der Waals surface area (Å²) >= 11 is 2.19. The maximum absolute atomic E-state index is 10.1. The molecule has 0 bridgehead atoms. The van der Waals surface area contributed by atoms with Crippen molar-refractivity contribution in [3.05, 3.63) is 58.7 Å². The maximum Gasteiger partial charge on any atom is 0.120 e. The van der Waals surface area contributed by atoms with Crippen LogP contribution in [0.25, 0.3) is 12.2 Å². The summed E-state index contributed by atoms with van der Waals surface area (Å²) in [5.74, 6) is 0.596. The molecule has 0 aliphatic heterocycles. The summed E-state index contributed by atoms with van der Waals surface area (Å²) in [4.78, 5) is 2.02. The van der Waals surface area contributed by atoms with Gasteiger partial charge in [0, 0.05) is 47.1 Å². The van der Waals surface area contributed by atoms with Gasteiger partial charge < -0.3 is 15.1 Å². The molecule has 0 radical (unpaired) electrons. The minimum absolute atomic E-state index is 0.296. The fourth-order valence-electron chi connectivity index (χ4n) is 2.40. The molecule has 0 aliphatic carbocycles. The van der Waals surface area contributed by atoms with E-state index in [9.17, 15) is 10.2 Å². The molecule has 0 amide bonds. The standard InChI is InChI=1S/C19H23IN2O2/c1-21(2)12-16-8-6-14(10-18(16)23)4-5-15-7-9-17(13-22(3)20)19(24)11-15/h4-11,23-24H,12-13H2,1-3H3/b5-4+. The molecule has 0 saturated heterocycles. The predicted molar refractivity (Wildman–Crippen MR) is 108 cm³/mol. The molecule has 2 rings (SSSR count). The number of halogens is 1. The number of hydrogen-bond acceptors (Lipinski definition) is 4. The lowest BCUT2D eigenvalue weighted by atomic mass is 10.1. The van der Waals surface area contributed by atoms with Gasteiger partial charge in [0.05, 0.1) is 0 Å². The molecule has 2 aromatic rings. The number of phenols is 2. The molecule has 0 spiro atoms. The minimum Gasteiger partial charge on any atom is -0.508 e. The van der Waals surface area contributed by atoms with Gasteiger partial charge in [0.1, 0.15) is 11.5 Å². The zero-order valence-electron chi connectivity index (χ0n) is 14.2. The molecule has 0 fully saturated rings. The quantitative estimate of drug-likeness (QED) is 0.405. The van der Waals surface area contributed by atoms with Crippen LogP contribution in [0, 0.1) is 0 Å². The summed E-state index contributed by atoms with van der Waals surface area (Å²) in [7, 11) is 5.90. The first-order valence-corrected chi connectivity index (χ1v) is 8.65. The van der Waals surface area contributed by atoms with Crippen molar-refractivity contribution in [3.8, 4) is 11.5 Å². The molecule has 5 heteroatoms. The van der Waals surface area contributed by atoms with Crippen molar-refractivity contribution in [2.45, 2.75) is 13.1 Å². The molecule has 0 saturated carbocycles. The molecule has 0 aromatic heterocycles. The van der Waals surface area contributed by atoms with Crippen molar-refractivity contribution in [3.63, 3.8) is 0 Å². The number of rotatable bonds is 6. The zero-order valence-corrected chi connectivity index (χ0v) is 16.4. The number of phenolic OH excluding ortho intramolecular Hbond substituents is 2. The highest BCUT2D eigenvalue weighted by Gasteiger charge is 2.04. The Morgan fingerprint density at radius 2 is 1.29 bits per heavy atom. The van der Waals surface area contributed by atoms with Gasteiger partial charge in [-0.05, 0) is 44.4 Å². The van der Waals surface area contributed by atoms with Crippen molar-refractivity contribution in [1.29, 1.82) is 0 Å². The largest absolute Gasteiger partial charge is 0.508 e. The van der Waals surface area contributed by atoms with Crippen LogP contribution in [-0.4, -0.2) is 39.4 Å². The number of nitrogens with zero attached hydrogens (tertiary/aromatic N) is 2. The van der Waals surface area contributed by atoms with E-state index in [1.54, 1.807) is 12.1 Å². The Balaban J connectivity index is 2.13. The normalized spacial score (nSPS) is 11.8.